The second kappa shape index (κ2) is 7.90. The maximum absolute atomic E-state index is 11.0. The molecule has 2 aromatic carbocycles. The smallest absolute Gasteiger partial charge is 0.203 e. The molecule has 0 saturated heterocycles. The van der Waals surface area contributed by atoms with Gasteiger partial charge in [0.05, 0.1) is 17.3 Å². The van der Waals surface area contributed by atoms with Crippen molar-refractivity contribution < 1.29 is 24.1 Å². The molecule has 0 amide bonds. The monoisotopic (exact) mass is 396 g/mol. The molecule has 7 heteroatoms. The molecule has 2 heterocycles. The summed E-state index contributed by atoms with van der Waals surface area (Å²) in [6.07, 6.45) is 2.16. The Kier molecular flexibility index (Phi) is 5.16. The van der Waals surface area contributed by atoms with Crippen LogP contribution in [-0.2, 0) is 4.79 Å². The largest absolute Gasteiger partial charge is 0.550 e. The predicted octanol–water partition coefficient (Wildman–Crippen LogP) is 3.15. The summed E-state index contributed by atoms with van der Waals surface area (Å²) in [7, 11) is 1.58. The van der Waals surface area contributed by atoms with Crippen LogP contribution in [0.4, 0.5) is 0 Å². The average Bonchev–Trinajstić information content (AvgIpc) is 3.14. The van der Waals surface area contributed by atoms with Gasteiger partial charge in [-0.2, -0.15) is 0 Å². The van der Waals surface area contributed by atoms with Crippen LogP contribution in [0.3, 0.4) is 0 Å². The third-order valence-electron chi connectivity index (χ3n) is 4.36. The number of para-hydroxylation sites is 1. The van der Waals surface area contributed by atoms with Gasteiger partial charge in [0, 0.05) is 5.97 Å². The Morgan fingerprint density at radius 2 is 2.07 bits per heavy atom. The fraction of sp³-hybridized carbons (Fsp3) is 0.238. The molecule has 1 aliphatic rings. The van der Waals surface area contributed by atoms with Crippen LogP contribution >= 0.6 is 11.3 Å². The Balaban J connectivity index is 1.77. The summed E-state index contributed by atoms with van der Waals surface area (Å²) in [6.45, 7) is 0.944. The number of carboxylic acids is 1. The molecule has 4 rings (SSSR count). The van der Waals surface area contributed by atoms with Crippen LogP contribution in [0.1, 0.15) is 23.4 Å². The number of nitrogens with zero attached hydrogens (tertiary/aromatic N) is 1. The van der Waals surface area contributed by atoms with Crippen LogP contribution in [0, 0.1) is 0 Å². The zero-order valence-electron chi connectivity index (χ0n) is 15.3. The van der Waals surface area contributed by atoms with Crippen molar-refractivity contribution in [2.24, 2.45) is 0 Å². The number of thiazole rings is 1. The first-order valence-electron chi connectivity index (χ1n) is 8.88. The Labute approximate surface area is 166 Å². The molecule has 0 unspecified atom stereocenters. The van der Waals surface area contributed by atoms with Gasteiger partial charge >= 0.3 is 0 Å². The molecule has 0 bridgehead atoms. The fourth-order valence-corrected chi connectivity index (χ4v) is 4.07. The van der Waals surface area contributed by atoms with Crippen molar-refractivity contribution in [2.45, 2.75) is 12.8 Å². The third kappa shape index (κ3) is 3.80. The second-order valence-electron chi connectivity index (χ2n) is 6.28. The number of carbonyl (C=O) groups is 1. The quantitative estimate of drug-likeness (QED) is 0.637. The minimum absolute atomic E-state index is 0.0799. The first-order chi connectivity index (χ1) is 13.6. The molecule has 0 aliphatic carbocycles. The summed E-state index contributed by atoms with van der Waals surface area (Å²) < 4.78 is 17.8. The predicted molar refractivity (Wildman–Crippen MR) is 106 cm³/mol. The van der Waals surface area contributed by atoms with E-state index in [0.29, 0.717) is 36.9 Å². The van der Waals surface area contributed by atoms with Gasteiger partial charge in [0.15, 0.2) is 11.5 Å². The summed E-state index contributed by atoms with van der Waals surface area (Å²) in [6, 6.07) is 11.5. The zero-order chi connectivity index (χ0) is 19.5. The number of hydrogen-bond donors (Lipinski definition) is 0. The lowest BCUT2D eigenvalue weighted by Gasteiger charge is -2.21. The van der Waals surface area contributed by atoms with Crippen LogP contribution in [0.5, 0.6) is 17.2 Å². The molecule has 0 spiro atoms. The number of hydrogen-bond acceptors (Lipinski definition) is 7. The molecule has 144 valence electrons. The first-order valence-corrected chi connectivity index (χ1v) is 9.69. The number of carboxylic acid groups (broad SMARTS) is 1. The van der Waals surface area contributed by atoms with Gasteiger partial charge in [-0.25, -0.2) is 4.98 Å². The maximum atomic E-state index is 11.0. The van der Waals surface area contributed by atoms with Crippen LogP contribution < -0.4 is 19.3 Å². The highest BCUT2D eigenvalue weighted by molar-refractivity contribution is 7.19. The van der Waals surface area contributed by atoms with Crippen LogP contribution in [0.25, 0.3) is 21.9 Å². The summed E-state index contributed by atoms with van der Waals surface area (Å²) >= 11 is 1.54. The number of aromatic nitrogens is 1. The number of benzene rings is 2. The van der Waals surface area contributed by atoms with E-state index in [4.69, 9.17) is 14.2 Å². The molecular weight excluding hydrogens is 378 g/mol. The number of rotatable bonds is 6. The molecule has 0 saturated carbocycles. The van der Waals surface area contributed by atoms with Gasteiger partial charge in [-0.3, -0.25) is 0 Å². The van der Waals surface area contributed by atoms with Gasteiger partial charge in [0.25, 0.3) is 0 Å². The van der Waals surface area contributed by atoms with E-state index in [1.807, 2.05) is 42.5 Å². The van der Waals surface area contributed by atoms with E-state index in [1.165, 1.54) is 11.3 Å². The van der Waals surface area contributed by atoms with Gasteiger partial charge in [0.1, 0.15) is 18.2 Å². The van der Waals surface area contributed by atoms with E-state index in [-0.39, 0.29) is 6.42 Å². The number of aliphatic carboxylic acids is 1. The highest BCUT2D eigenvalue weighted by Crippen LogP contribution is 2.41. The Morgan fingerprint density at radius 3 is 2.86 bits per heavy atom. The van der Waals surface area contributed by atoms with E-state index >= 15 is 0 Å². The first kappa shape index (κ1) is 18.3. The van der Waals surface area contributed by atoms with Crippen LogP contribution in [0.15, 0.2) is 36.4 Å². The summed E-state index contributed by atoms with van der Waals surface area (Å²) in [4.78, 5) is 15.7. The molecule has 0 fully saturated rings. The Hall–Kier alpha value is -3.06. The summed E-state index contributed by atoms with van der Waals surface area (Å²) in [5.74, 6) is 0.682. The van der Waals surface area contributed by atoms with Crippen molar-refractivity contribution in [3.8, 4) is 17.2 Å². The van der Waals surface area contributed by atoms with Gasteiger partial charge in [-0.15, -0.1) is 11.3 Å². The molecule has 1 aliphatic heterocycles. The van der Waals surface area contributed by atoms with Gasteiger partial charge in [-0.05, 0) is 54.3 Å². The number of methoxy groups -OCH3 is 1. The highest BCUT2D eigenvalue weighted by Gasteiger charge is 2.18. The molecule has 0 atom stereocenters. The lowest BCUT2D eigenvalue weighted by molar-refractivity contribution is -0.305. The van der Waals surface area contributed by atoms with Crippen LogP contribution in [0.2, 0.25) is 0 Å². The van der Waals surface area contributed by atoms with Crippen molar-refractivity contribution in [1.29, 1.82) is 0 Å². The molecule has 6 nitrogen and oxygen atoms in total. The van der Waals surface area contributed by atoms with Gasteiger partial charge < -0.3 is 24.1 Å². The molecule has 0 radical (unpaired) electrons. The summed E-state index contributed by atoms with van der Waals surface area (Å²) in [5.41, 5.74) is 2.54. The molecule has 1 aromatic heterocycles. The van der Waals surface area contributed by atoms with Crippen molar-refractivity contribution in [1.82, 2.24) is 4.98 Å². The summed E-state index contributed by atoms with van der Waals surface area (Å²) in [5, 5.41) is 11.8. The Morgan fingerprint density at radius 1 is 1.25 bits per heavy atom. The minimum atomic E-state index is -1.09. The molecule has 3 aromatic rings. The van der Waals surface area contributed by atoms with E-state index in [0.717, 1.165) is 26.4 Å². The lowest BCUT2D eigenvalue weighted by atomic mass is 10.1. The molecule has 0 N–H and O–H groups in total. The second-order valence-corrected chi connectivity index (χ2v) is 7.31. The maximum Gasteiger partial charge on any atom is 0.203 e. The van der Waals surface area contributed by atoms with Gasteiger partial charge in [0.2, 0.25) is 5.75 Å². The number of ether oxygens (including phenoxy) is 3. The Bertz CT molecular complexity index is 1010. The third-order valence-corrected chi connectivity index (χ3v) is 5.47. The van der Waals surface area contributed by atoms with Crippen molar-refractivity contribution >= 4 is 39.2 Å². The standard InChI is InChI=1S/C21H19NO5S/c1-25-16-11-13(12-17-20(16)27-9-8-26-17)10-14(6-7-19(23)24)21-22-15-4-2-3-5-18(15)28-21/h2-5,10-12H,6-9H2,1H3,(H,23,24)/p-1/b14-10+. The fourth-order valence-electron chi connectivity index (χ4n) is 3.07. The van der Waals surface area contributed by atoms with Crippen LogP contribution in [-0.4, -0.2) is 31.3 Å². The molecule has 28 heavy (non-hydrogen) atoms. The van der Waals surface area contributed by atoms with Crippen molar-refractivity contribution in [2.75, 3.05) is 20.3 Å². The number of allylic oxidation sites excluding steroid dienone is 1. The van der Waals surface area contributed by atoms with Crippen molar-refractivity contribution in [3.63, 3.8) is 0 Å². The topological polar surface area (TPSA) is 80.7 Å². The molecular formula is C21H18NO5S-. The van der Waals surface area contributed by atoms with Crippen molar-refractivity contribution in [3.05, 3.63) is 47.0 Å². The minimum Gasteiger partial charge on any atom is -0.550 e. The van der Waals surface area contributed by atoms with E-state index in [9.17, 15) is 9.90 Å². The van der Waals surface area contributed by atoms with E-state index in [1.54, 1.807) is 7.11 Å². The lowest BCUT2D eigenvalue weighted by Crippen LogP contribution is -2.21. The average molecular weight is 396 g/mol. The van der Waals surface area contributed by atoms with E-state index in [2.05, 4.69) is 4.98 Å². The number of carbonyl (C=O) groups excluding carboxylic acids is 1. The van der Waals surface area contributed by atoms with Gasteiger partial charge in [-0.1, -0.05) is 12.1 Å². The highest BCUT2D eigenvalue weighted by atomic mass is 32.1. The van der Waals surface area contributed by atoms with E-state index < -0.39 is 5.97 Å². The SMILES string of the molecule is COc1cc(/C=C(\CCC(=O)[O-])c2nc3ccccc3s2)cc2c1OCCO2. The number of fused-ring (bicyclic) bond motifs is 2. The normalized spacial score (nSPS) is 13.5. The zero-order valence-corrected chi connectivity index (χ0v) is 16.1.